The second-order valence-electron chi connectivity index (χ2n) is 5.14. The fraction of sp³-hybridized carbons (Fsp3) is 0.214. The molecule has 0 aliphatic carbocycles. The van der Waals surface area contributed by atoms with Crippen LogP contribution in [0.1, 0.15) is 11.8 Å². The Balaban J connectivity index is 1.48. The van der Waals surface area contributed by atoms with Gasteiger partial charge < -0.3 is 4.52 Å². The van der Waals surface area contributed by atoms with E-state index in [9.17, 15) is 8.42 Å². The van der Waals surface area contributed by atoms with Crippen LogP contribution in [0.25, 0.3) is 10.7 Å². The molecule has 3 aromatic heterocycles. The summed E-state index contributed by atoms with van der Waals surface area (Å²) >= 11 is 1.53. The topological polar surface area (TPSA) is 89.2 Å². The van der Waals surface area contributed by atoms with Gasteiger partial charge in [-0.2, -0.15) is 9.29 Å². The second-order valence-corrected chi connectivity index (χ2v) is 8.03. The molecular formula is C14H12N4O3S2. The average molecular weight is 348 g/mol. The molecule has 0 N–H and O–H groups in total. The number of sulfonamides is 1. The monoisotopic (exact) mass is 348 g/mol. The van der Waals surface area contributed by atoms with E-state index in [1.807, 2.05) is 17.5 Å². The van der Waals surface area contributed by atoms with Crippen molar-refractivity contribution < 1.29 is 12.9 Å². The van der Waals surface area contributed by atoms with Crippen LogP contribution in [0, 0.1) is 0 Å². The molecule has 0 bridgehead atoms. The minimum absolute atomic E-state index is 0.0670. The van der Waals surface area contributed by atoms with Gasteiger partial charge in [-0.05, 0) is 23.6 Å². The fourth-order valence-corrected chi connectivity index (χ4v) is 4.49. The minimum Gasteiger partial charge on any atom is -0.339 e. The predicted octanol–water partition coefficient (Wildman–Crippen LogP) is 1.98. The van der Waals surface area contributed by atoms with Crippen molar-refractivity contribution in [1.29, 1.82) is 0 Å². The van der Waals surface area contributed by atoms with Crippen LogP contribution in [0.4, 0.5) is 0 Å². The SMILES string of the molecule is O=S(=O)(c1cccnc1)N1CC(c2nc(-c3cccs3)no2)C1. The molecule has 1 saturated heterocycles. The third-order valence-electron chi connectivity index (χ3n) is 3.65. The Kier molecular flexibility index (Phi) is 3.47. The summed E-state index contributed by atoms with van der Waals surface area (Å²) in [4.78, 5) is 9.35. The Morgan fingerprint density at radius 3 is 2.83 bits per heavy atom. The summed E-state index contributed by atoms with van der Waals surface area (Å²) in [6.07, 6.45) is 2.90. The van der Waals surface area contributed by atoms with Crippen molar-refractivity contribution in [3.05, 3.63) is 47.9 Å². The molecule has 7 nitrogen and oxygen atoms in total. The number of hydrogen-bond acceptors (Lipinski definition) is 7. The van der Waals surface area contributed by atoms with Crippen molar-refractivity contribution in [3.63, 3.8) is 0 Å². The molecular weight excluding hydrogens is 336 g/mol. The molecule has 23 heavy (non-hydrogen) atoms. The molecule has 9 heteroatoms. The van der Waals surface area contributed by atoms with Crippen LogP contribution in [0.15, 0.2) is 51.5 Å². The van der Waals surface area contributed by atoms with E-state index in [4.69, 9.17) is 4.52 Å². The molecule has 4 rings (SSSR count). The molecule has 0 unspecified atom stereocenters. The maximum absolute atomic E-state index is 12.4. The Bertz CT molecular complexity index is 901. The number of aromatic nitrogens is 3. The third-order valence-corrected chi connectivity index (χ3v) is 6.33. The molecule has 0 atom stereocenters. The van der Waals surface area contributed by atoms with E-state index in [-0.39, 0.29) is 10.8 Å². The van der Waals surface area contributed by atoms with E-state index in [2.05, 4.69) is 15.1 Å². The standard InChI is InChI=1S/C14H12N4O3S2/c19-23(20,11-3-1-5-15-7-11)18-8-10(9-18)14-16-13(17-21-14)12-4-2-6-22-12/h1-7,10H,8-9H2. The van der Waals surface area contributed by atoms with E-state index in [0.717, 1.165) is 4.88 Å². The Hall–Kier alpha value is -2.10. The normalized spacial score (nSPS) is 16.3. The lowest BCUT2D eigenvalue weighted by Gasteiger charge is -2.35. The molecule has 0 radical (unpaired) electrons. The van der Waals surface area contributed by atoms with Gasteiger partial charge in [0.2, 0.25) is 21.7 Å². The van der Waals surface area contributed by atoms with Gasteiger partial charge in [-0.25, -0.2) is 8.42 Å². The van der Waals surface area contributed by atoms with Crippen LogP contribution in [-0.4, -0.2) is 40.9 Å². The van der Waals surface area contributed by atoms with Crippen LogP contribution in [0.5, 0.6) is 0 Å². The second kappa shape index (κ2) is 5.52. The van der Waals surface area contributed by atoms with Crippen LogP contribution >= 0.6 is 11.3 Å². The maximum atomic E-state index is 12.4. The van der Waals surface area contributed by atoms with Gasteiger partial charge in [0.25, 0.3) is 0 Å². The zero-order valence-electron chi connectivity index (χ0n) is 11.9. The van der Waals surface area contributed by atoms with Crippen LogP contribution < -0.4 is 0 Å². The smallest absolute Gasteiger partial charge is 0.244 e. The highest BCUT2D eigenvalue weighted by molar-refractivity contribution is 7.89. The first-order valence-corrected chi connectivity index (χ1v) is 9.24. The molecule has 118 valence electrons. The quantitative estimate of drug-likeness (QED) is 0.716. The third kappa shape index (κ3) is 2.56. The van der Waals surface area contributed by atoms with Crippen LogP contribution in [0.2, 0.25) is 0 Å². The van der Waals surface area contributed by atoms with E-state index in [0.29, 0.717) is 24.8 Å². The highest BCUT2D eigenvalue weighted by Gasteiger charge is 2.40. The molecule has 0 spiro atoms. The van der Waals surface area contributed by atoms with Crippen LogP contribution in [0.3, 0.4) is 0 Å². The molecule has 0 saturated carbocycles. The number of nitrogens with zero attached hydrogens (tertiary/aromatic N) is 4. The summed E-state index contributed by atoms with van der Waals surface area (Å²) in [5.41, 5.74) is 0. The molecule has 1 aliphatic heterocycles. The minimum atomic E-state index is -3.50. The van der Waals surface area contributed by atoms with Gasteiger partial charge in [-0.3, -0.25) is 4.98 Å². The van der Waals surface area contributed by atoms with Gasteiger partial charge in [0.15, 0.2) is 0 Å². The lowest BCUT2D eigenvalue weighted by molar-refractivity contribution is 0.217. The number of rotatable bonds is 4. The first-order valence-electron chi connectivity index (χ1n) is 6.92. The predicted molar refractivity (Wildman–Crippen MR) is 83.3 cm³/mol. The van der Waals surface area contributed by atoms with E-state index in [1.54, 1.807) is 12.3 Å². The first kappa shape index (κ1) is 14.5. The highest BCUT2D eigenvalue weighted by Crippen LogP contribution is 2.32. The lowest BCUT2D eigenvalue weighted by atomic mass is 10.0. The molecule has 1 fully saturated rings. The van der Waals surface area contributed by atoms with Crippen molar-refractivity contribution in [3.8, 4) is 10.7 Å². The molecule has 0 aromatic carbocycles. The summed E-state index contributed by atoms with van der Waals surface area (Å²) < 4.78 is 31.5. The van der Waals surface area contributed by atoms with E-state index in [1.165, 1.54) is 27.9 Å². The fourth-order valence-electron chi connectivity index (χ4n) is 2.35. The van der Waals surface area contributed by atoms with E-state index < -0.39 is 10.0 Å². The van der Waals surface area contributed by atoms with Gasteiger partial charge in [0.1, 0.15) is 4.90 Å². The first-order chi connectivity index (χ1) is 11.1. The van der Waals surface area contributed by atoms with Crippen molar-refractivity contribution in [1.82, 2.24) is 19.4 Å². The summed E-state index contributed by atoms with van der Waals surface area (Å²) in [6.45, 7) is 0.673. The number of hydrogen-bond donors (Lipinski definition) is 0. The van der Waals surface area contributed by atoms with Crippen molar-refractivity contribution >= 4 is 21.4 Å². The maximum Gasteiger partial charge on any atom is 0.244 e. The molecule has 1 aliphatic rings. The van der Waals surface area contributed by atoms with Gasteiger partial charge in [-0.15, -0.1) is 11.3 Å². The summed E-state index contributed by atoms with van der Waals surface area (Å²) in [7, 11) is -3.50. The number of pyridine rings is 1. The van der Waals surface area contributed by atoms with E-state index >= 15 is 0 Å². The summed E-state index contributed by atoms with van der Waals surface area (Å²) in [5.74, 6) is 0.956. The van der Waals surface area contributed by atoms with Gasteiger partial charge in [-0.1, -0.05) is 11.2 Å². The van der Waals surface area contributed by atoms with Crippen molar-refractivity contribution in [2.24, 2.45) is 0 Å². The molecule has 4 heterocycles. The number of thiophene rings is 1. The summed E-state index contributed by atoms with van der Waals surface area (Å²) in [6, 6.07) is 6.98. The van der Waals surface area contributed by atoms with Gasteiger partial charge >= 0.3 is 0 Å². The lowest BCUT2D eigenvalue weighted by Crippen LogP contribution is -2.48. The average Bonchev–Trinajstić information content (AvgIpc) is 3.17. The van der Waals surface area contributed by atoms with Gasteiger partial charge in [0.05, 0.1) is 10.8 Å². The van der Waals surface area contributed by atoms with Crippen molar-refractivity contribution in [2.75, 3.05) is 13.1 Å². The molecule has 3 aromatic rings. The Morgan fingerprint density at radius 1 is 1.26 bits per heavy atom. The zero-order chi connectivity index (χ0) is 15.9. The molecule has 0 amide bonds. The van der Waals surface area contributed by atoms with Crippen LogP contribution in [-0.2, 0) is 10.0 Å². The summed E-state index contributed by atoms with van der Waals surface area (Å²) in [5, 5.41) is 5.89. The van der Waals surface area contributed by atoms with Gasteiger partial charge in [0, 0.05) is 25.5 Å². The highest BCUT2D eigenvalue weighted by atomic mass is 32.2. The zero-order valence-corrected chi connectivity index (χ0v) is 13.5. The Labute approximate surface area is 136 Å². The van der Waals surface area contributed by atoms with Crippen molar-refractivity contribution in [2.45, 2.75) is 10.8 Å². The largest absolute Gasteiger partial charge is 0.339 e. The Morgan fingerprint density at radius 2 is 2.13 bits per heavy atom.